The number of benzene rings is 1. The van der Waals surface area contributed by atoms with E-state index >= 15 is 0 Å². The van der Waals surface area contributed by atoms with Crippen molar-refractivity contribution >= 4 is 11.9 Å². The lowest BCUT2D eigenvalue weighted by atomic mass is 9.84. The smallest absolute Gasteiger partial charge is 0.339 e. The van der Waals surface area contributed by atoms with Crippen LogP contribution in [0.25, 0.3) is 0 Å². The molecule has 22 heavy (non-hydrogen) atoms. The van der Waals surface area contributed by atoms with Gasteiger partial charge in [-0.25, -0.2) is 4.79 Å². The molecule has 4 heteroatoms. The fraction of sp³-hybridized carbons (Fsp3) is 0.556. The summed E-state index contributed by atoms with van der Waals surface area (Å²) in [5.41, 5.74) is 0.967. The van der Waals surface area contributed by atoms with Gasteiger partial charge in [-0.05, 0) is 31.7 Å². The van der Waals surface area contributed by atoms with Crippen molar-refractivity contribution in [1.29, 1.82) is 0 Å². The number of amides is 1. The molecule has 1 fully saturated rings. The highest BCUT2D eigenvalue weighted by atomic mass is 16.6. The van der Waals surface area contributed by atoms with Crippen molar-refractivity contribution in [3.63, 3.8) is 0 Å². The molecule has 1 spiro atoms. The minimum Gasteiger partial charge on any atom is -0.449 e. The van der Waals surface area contributed by atoms with E-state index in [1.54, 1.807) is 0 Å². The first-order valence-corrected chi connectivity index (χ1v) is 8.23. The van der Waals surface area contributed by atoms with Crippen LogP contribution >= 0.6 is 0 Å². The molecule has 0 saturated carbocycles. The molecule has 2 aliphatic heterocycles. The topological polar surface area (TPSA) is 46.6 Å². The first kappa shape index (κ1) is 15.1. The third-order valence-corrected chi connectivity index (χ3v) is 5.03. The van der Waals surface area contributed by atoms with Crippen LogP contribution in [0.2, 0.25) is 0 Å². The lowest BCUT2D eigenvalue weighted by molar-refractivity contribution is -0.143. The van der Waals surface area contributed by atoms with Crippen LogP contribution in [0, 0.1) is 5.92 Å². The van der Waals surface area contributed by atoms with Crippen LogP contribution in [0.4, 0.5) is 0 Å². The van der Waals surface area contributed by atoms with Gasteiger partial charge in [0.05, 0.1) is 12.1 Å². The summed E-state index contributed by atoms with van der Waals surface area (Å²) < 4.78 is 5.75. The largest absolute Gasteiger partial charge is 0.449 e. The van der Waals surface area contributed by atoms with Crippen LogP contribution in [-0.2, 0) is 15.1 Å². The summed E-state index contributed by atoms with van der Waals surface area (Å²) in [6.45, 7) is 5.36. The number of carbonyl (C=O) groups is 2. The second kappa shape index (κ2) is 5.75. The highest BCUT2D eigenvalue weighted by molar-refractivity contribution is 5.95. The second-order valence-electron chi connectivity index (χ2n) is 6.31. The summed E-state index contributed by atoms with van der Waals surface area (Å²) in [6.07, 6.45) is 3.38. The molecule has 0 N–H and O–H groups in total. The maximum atomic E-state index is 12.7. The molecule has 3 rings (SSSR count). The van der Waals surface area contributed by atoms with Crippen LogP contribution in [0.5, 0.6) is 0 Å². The molecule has 0 bridgehead atoms. The van der Waals surface area contributed by atoms with Crippen molar-refractivity contribution < 1.29 is 14.3 Å². The minimum atomic E-state index is -0.631. The van der Waals surface area contributed by atoms with Gasteiger partial charge in [0.15, 0.2) is 5.60 Å². The average molecular weight is 301 g/mol. The average Bonchev–Trinajstić information content (AvgIpc) is 2.81. The lowest BCUT2D eigenvalue weighted by Crippen LogP contribution is -2.50. The standard InChI is InChI=1S/C18H23NO3/c1-3-13(4-2)16(20)19-11-7-10-18(12-19)15-9-6-5-8-14(15)17(21)22-18/h5-6,8-9,13H,3-4,7,10-12H2,1-2H3. The van der Waals surface area contributed by atoms with Gasteiger partial charge in [-0.15, -0.1) is 0 Å². The Morgan fingerprint density at radius 3 is 2.77 bits per heavy atom. The van der Waals surface area contributed by atoms with Gasteiger partial charge in [-0.3, -0.25) is 4.79 Å². The van der Waals surface area contributed by atoms with Gasteiger partial charge in [0.2, 0.25) is 5.91 Å². The van der Waals surface area contributed by atoms with Gasteiger partial charge in [0.1, 0.15) is 0 Å². The zero-order valence-corrected chi connectivity index (χ0v) is 13.3. The SMILES string of the molecule is CCC(CC)C(=O)N1CCCC2(C1)OC(=O)c1ccccc12. The van der Waals surface area contributed by atoms with Gasteiger partial charge < -0.3 is 9.64 Å². The van der Waals surface area contributed by atoms with E-state index in [0.717, 1.165) is 37.8 Å². The summed E-state index contributed by atoms with van der Waals surface area (Å²) in [4.78, 5) is 26.7. The molecule has 2 aliphatic rings. The Labute approximate surface area is 131 Å². The van der Waals surface area contributed by atoms with Crippen molar-refractivity contribution in [2.75, 3.05) is 13.1 Å². The van der Waals surface area contributed by atoms with Gasteiger partial charge in [0, 0.05) is 18.0 Å². The summed E-state index contributed by atoms with van der Waals surface area (Å²) in [5.74, 6) is 0.0134. The number of hydrogen-bond acceptors (Lipinski definition) is 3. The predicted octanol–water partition coefficient (Wildman–Crippen LogP) is 3.11. The van der Waals surface area contributed by atoms with Crippen LogP contribution < -0.4 is 0 Å². The van der Waals surface area contributed by atoms with Crippen molar-refractivity contribution in [3.8, 4) is 0 Å². The molecule has 0 radical (unpaired) electrons. The zero-order valence-electron chi connectivity index (χ0n) is 13.3. The van der Waals surface area contributed by atoms with Crippen molar-refractivity contribution in [3.05, 3.63) is 35.4 Å². The van der Waals surface area contributed by atoms with Gasteiger partial charge in [-0.2, -0.15) is 0 Å². The summed E-state index contributed by atoms with van der Waals surface area (Å²) in [5, 5.41) is 0. The molecular weight excluding hydrogens is 278 g/mol. The predicted molar refractivity (Wildman–Crippen MR) is 83.4 cm³/mol. The third kappa shape index (κ3) is 2.31. The monoisotopic (exact) mass is 301 g/mol. The highest BCUT2D eigenvalue weighted by Crippen LogP contribution is 2.43. The first-order valence-electron chi connectivity index (χ1n) is 8.23. The van der Waals surface area contributed by atoms with Crippen LogP contribution in [0.1, 0.15) is 55.5 Å². The summed E-state index contributed by atoms with van der Waals surface area (Å²) in [6, 6.07) is 7.57. The van der Waals surface area contributed by atoms with Gasteiger partial charge >= 0.3 is 5.97 Å². The molecular formula is C18H23NO3. The lowest BCUT2D eigenvalue weighted by Gasteiger charge is -2.40. The normalized spacial score (nSPS) is 23.8. The minimum absolute atomic E-state index is 0.0718. The Kier molecular flexibility index (Phi) is 3.94. The van der Waals surface area contributed by atoms with E-state index in [1.165, 1.54) is 0 Å². The summed E-state index contributed by atoms with van der Waals surface area (Å²) >= 11 is 0. The highest BCUT2D eigenvalue weighted by Gasteiger charge is 2.48. The van der Waals surface area contributed by atoms with Crippen LogP contribution in [0.3, 0.4) is 0 Å². The van der Waals surface area contributed by atoms with Gasteiger partial charge in [0.25, 0.3) is 0 Å². The molecule has 2 heterocycles. The van der Waals surface area contributed by atoms with E-state index in [2.05, 4.69) is 13.8 Å². The maximum Gasteiger partial charge on any atom is 0.339 e. The van der Waals surface area contributed by atoms with Crippen molar-refractivity contribution in [2.24, 2.45) is 5.92 Å². The van der Waals surface area contributed by atoms with E-state index in [0.29, 0.717) is 12.1 Å². The van der Waals surface area contributed by atoms with Crippen LogP contribution in [-0.4, -0.2) is 29.9 Å². The Morgan fingerprint density at radius 2 is 2.05 bits per heavy atom. The molecule has 4 nitrogen and oxygen atoms in total. The molecule has 1 aromatic rings. The van der Waals surface area contributed by atoms with E-state index in [1.807, 2.05) is 29.2 Å². The van der Waals surface area contributed by atoms with Gasteiger partial charge in [-0.1, -0.05) is 32.0 Å². The van der Waals surface area contributed by atoms with E-state index in [-0.39, 0.29) is 17.8 Å². The number of fused-ring (bicyclic) bond motifs is 2. The quantitative estimate of drug-likeness (QED) is 0.806. The molecule has 1 saturated heterocycles. The number of likely N-dealkylation sites (tertiary alicyclic amines) is 1. The van der Waals surface area contributed by atoms with Crippen molar-refractivity contribution in [2.45, 2.75) is 45.1 Å². The fourth-order valence-corrected chi connectivity index (χ4v) is 3.76. The molecule has 1 amide bonds. The van der Waals surface area contributed by atoms with Crippen LogP contribution in [0.15, 0.2) is 24.3 Å². The number of piperidine rings is 1. The van der Waals surface area contributed by atoms with E-state index < -0.39 is 5.60 Å². The molecule has 0 aliphatic carbocycles. The number of rotatable bonds is 3. The number of ether oxygens (including phenoxy) is 1. The number of hydrogen-bond donors (Lipinski definition) is 0. The molecule has 0 aromatic heterocycles. The van der Waals surface area contributed by atoms with E-state index in [9.17, 15) is 9.59 Å². The third-order valence-electron chi connectivity index (χ3n) is 5.03. The summed E-state index contributed by atoms with van der Waals surface area (Å²) in [7, 11) is 0. The molecule has 1 atom stereocenters. The number of nitrogens with zero attached hydrogens (tertiary/aromatic N) is 1. The number of esters is 1. The van der Waals surface area contributed by atoms with Crippen molar-refractivity contribution in [1.82, 2.24) is 4.90 Å². The Bertz CT molecular complexity index is 594. The molecule has 118 valence electrons. The number of carbonyl (C=O) groups excluding carboxylic acids is 2. The zero-order chi connectivity index (χ0) is 15.7. The van der Waals surface area contributed by atoms with E-state index in [4.69, 9.17) is 4.74 Å². The Hall–Kier alpha value is -1.84. The maximum absolute atomic E-state index is 12.7. The fourth-order valence-electron chi connectivity index (χ4n) is 3.76. The molecule has 1 aromatic carbocycles. The Morgan fingerprint density at radius 1 is 1.32 bits per heavy atom. The first-order chi connectivity index (χ1) is 10.6. The second-order valence-corrected chi connectivity index (χ2v) is 6.31. The molecule has 1 unspecified atom stereocenters. The Balaban J connectivity index is 1.88.